The molecular weight excluding hydrogens is 312 g/mol. The molecule has 1 heterocycles. The maximum Gasteiger partial charge on any atom is 0.319 e. The van der Waals surface area contributed by atoms with Crippen LogP contribution in [0.5, 0.6) is 11.5 Å². The van der Waals surface area contributed by atoms with Gasteiger partial charge in [-0.15, -0.1) is 0 Å². The van der Waals surface area contributed by atoms with Gasteiger partial charge >= 0.3 is 6.03 Å². The third-order valence-electron chi connectivity index (χ3n) is 4.23. The largest absolute Gasteiger partial charge is 0.497 e. The monoisotopic (exact) mass is 332 g/mol. The lowest BCUT2D eigenvalue weighted by Gasteiger charge is -2.16. The van der Waals surface area contributed by atoms with Crippen molar-refractivity contribution in [1.29, 1.82) is 0 Å². The third-order valence-corrected chi connectivity index (χ3v) is 4.91. The second-order valence-electron chi connectivity index (χ2n) is 5.67. The predicted molar refractivity (Wildman–Crippen MR) is 91.8 cm³/mol. The molecule has 6 heteroatoms. The van der Waals surface area contributed by atoms with Crippen LogP contribution in [-0.4, -0.2) is 26.8 Å². The SMILES string of the molecule is COc1ccc(NC(=O)NCC2(c3ccsc3)CC2)c(OC)c1. The molecular formula is C17H20N2O3S. The number of amides is 2. The maximum absolute atomic E-state index is 12.2. The summed E-state index contributed by atoms with van der Waals surface area (Å²) in [4.78, 5) is 12.2. The van der Waals surface area contributed by atoms with E-state index in [4.69, 9.17) is 9.47 Å². The molecule has 0 bridgehead atoms. The fraction of sp³-hybridized carbons (Fsp3) is 0.353. The average molecular weight is 332 g/mol. The first-order valence-electron chi connectivity index (χ1n) is 7.46. The van der Waals surface area contributed by atoms with E-state index in [9.17, 15) is 4.79 Å². The van der Waals surface area contributed by atoms with Crippen molar-refractivity contribution in [3.05, 3.63) is 40.6 Å². The van der Waals surface area contributed by atoms with Gasteiger partial charge in [-0.25, -0.2) is 4.79 Å². The minimum Gasteiger partial charge on any atom is -0.497 e. The van der Waals surface area contributed by atoms with Crippen molar-refractivity contribution < 1.29 is 14.3 Å². The van der Waals surface area contributed by atoms with Crippen molar-refractivity contribution in [1.82, 2.24) is 5.32 Å². The van der Waals surface area contributed by atoms with Gasteiger partial charge in [0.1, 0.15) is 11.5 Å². The minimum atomic E-state index is -0.227. The summed E-state index contributed by atoms with van der Waals surface area (Å²) >= 11 is 1.70. The minimum absolute atomic E-state index is 0.126. The molecule has 2 aromatic rings. The van der Waals surface area contributed by atoms with E-state index in [1.165, 1.54) is 5.56 Å². The van der Waals surface area contributed by atoms with Crippen LogP contribution in [0.2, 0.25) is 0 Å². The van der Waals surface area contributed by atoms with E-state index in [2.05, 4.69) is 27.5 Å². The van der Waals surface area contributed by atoms with Gasteiger partial charge in [0, 0.05) is 18.0 Å². The van der Waals surface area contributed by atoms with E-state index in [0.717, 1.165) is 12.8 Å². The second-order valence-corrected chi connectivity index (χ2v) is 6.45. The van der Waals surface area contributed by atoms with Crippen molar-refractivity contribution in [2.24, 2.45) is 0 Å². The molecule has 1 aromatic carbocycles. The summed E-state index contributed by atoms with van der Waals surface area (Å²) in [5, 5.41) is 10.0. The fourth-order valence-electron chi connectivity index (χ4n) is 2.60. The van der Waals surface area contributed by atoms with E-state index in [1.807, 2.05) is 0 Å². The summed E-state index contributed by atoms with van der Waals surface area (Å²) in [7, 11) is 3.15. The Morgan fingerprint density at radius 3 is 2.70 bits per heavy atom. The van der Waals surface area contributed by atoms with Gasteiger partial charge in [-0.1, -0.05) is 0 Å². The Morgan fingerprint density at radius 1 is 1.26 bits per heavy atom. The van der Waals surface area contributed by atoms with Gasteiger partial charge in [0.25, 0.3) is 0 Å². The molecule has 5 nitrogen and oxygen atoms in total. The molecule has 1 aromatic heterocycles. The van der Waals surface area contributed by atoms with Crippen LogP contribution < -0.4 is 20.1 Å². The summed E-state index contributed by atoms with van der Waals surface area (Å²) in [5.74, 6) is 1.25. The van der Waals surface area contributed by atoms with Gasteiger partial charge in [0.05, 0.1) is 19.9 Å². The summed E-state index contributed by atoms with van der Waals surface area (Å²) in [5.41, 5.74) is 2.07. The Hall–Kier alpha value is -2.21. The number of carbonyl (C=O) groups excluding carboxylic acids is 1. The number of ether oxygens (including phenoxy) is 2. The van der Waals surface area contributed by atoms with Crippen LogP contribution in [0.4, 0.5) is 10.5 Å². The first-order valence-corrected chi connectivity index (χ1v) is 8.41. The summed E-state index contributed by atoms with van der Waals surface area (Å²) in [6.07, 6.45) is 2.24. The molecule has 3 rings (SSSR count). The first kappa shape index (κ1) is 15.7. The Balaban J connectivity index is 1.60. The topological polar surface area (TPSA) is 59.6 Å². The number of rotatable bonds is 6. The zero-order valence-corrected chi connectivity index (χ0v) is 14.0. The maximum atomic E-state index is 12.2. The summed E-state index contributed by atoms with van der Waals surface area (Å²) < 4.78 is 10.4. The lowest BCUT2D eigenvalue weighted by atomic mass is 9.99. The molecule has 0 saturated heterocycles. The molecule has 1 saturated carbocycles. The molecule has 1 aliphatic carbocycles. The van der Waals surface area contributed by atoms with E-state index in [1.54, 1.807) is 43.8 Å². The smallest absolute Gasteiger partial charge is 0.319 e. The summed E-state index contributed by atoms with van der Waals surface area (Å²) in [6, 6.07) is 7.21. The number of benzene rings is 1. The Morgan fingerprint density at radius 2 is 2.09 bits per heavy atom. The highest BCUT2D eigenvalue weighted by molar-refractivity contribution is 7.08. The quantitative estimate of drug-likeness (QED) is 0.849. The number of hydrogen-bond acceptors (Lipinski definition) is 4. The molecule has 23 heavy (non-hydrogen) atoms. The van der Waals surface area contributed by atoms with Gasteiger partial charge in [0.15, 0.2) is 0 Å². The number of nitrogens with one attached hydrogen (secondary N) is 2. The standard InChI is InChI=1S/C17H20N2O3S/c1-21-13-3-4-14(15(9-13)22-2)19-16(20)18-11-17(6-7-17)12-5-8-23-10-12/h3-5,8-10H,6-7,11H2,1-2H3,(H2,18,19,20). The van der Waals surface area contributed by atoms with Gasteiger partial charge < -0.3 is 20.1 Å². The zero-order chi connectivity index (χ0) is 16.3. The fourth-order valence-corrected chi connectivity index (χ4v) is 3.38. The van der Waals surface area contributed by atoms with Crippen molar-refractivity contribution in [3.8, 4) is 11.5 Å². The van der Waals surface area contributed by atoms with Crippen LogP contribution in [-0.2, 0) is 5.41 Å². The molecule has 1 fully saturated rings. The lowest BCUT2D eigenvalue weighted by Crippen LogP contribution is -2.35. The molecule has 0 atom stereocenters. The van der Waals surface area contributed by atoms with E-state index < -0.39 is 0 Å². The molecule has 2 amide bonds. The van der Waals surface area contributed by atoms with Crippen LogP contribution in [0.3, 0.4) is 0 Å². The van der Waals surface area contributed by atoms with Crippen LogP contribution in [0.1, 0.15) is 18.4 Å². The average Bonchev–Trinajstić information content (AvgIpc) is 3.16. The van der Waals surface area contributed by atoms with Crippen LogP contribution >= 0.6 is 11.3 Å². The van der Waals surface area contributed by atoms with Crippen molar-refractivity contribution in [2.75, 3.05) is 26.1 Å². The third kappa shape index (κ3) is 3.42. The van der Waals surface area contributed by atoms with Gasteiger partial charge in [-0.2, -0.15) is 11.3 Å². The number of anilines is 1. The number of methoxy groups -OCH3 is 2. The number of urea groups is 1. The van der Waals surface area contributed by atoms with Crippen molar-refractivity contribution >= 4 is 23.1 Å². The van der Waals surface area contributed by atoms with Crippen LogP contribution in [0.25, 0.3) is 0 Å². The molecule has 0 radical (unpaired) electrons. The van der Waals surface area contributed by atoms with Crippen LogP contribution in [0.15, 0.2) is 35.0 Å². The Bertz CT molecular complexity index is 681. The number of thiophene rings is 1. The van der Waals surface area contributed by atoms with E-state index in [-0.39, 0.29) is 11.4 Å². The first-order chi connectivity index (χ1) is 11.2. The number of carbonyl (C=O) groups is 1. The van der Waals surface area contributed by atoms with E-state index in [0.29, 0.717) is 23.7 Å². The Labute approximate surface area is 139 Å². The highest BCUT2D eigenvalue weighted by atomic mass is 32.1. The van der Waals surface area contributed by atoms with Crippen molar-refractivity contribution in [2.45, 2.75) is 18.3 Å². The van der Waals surface area contributed by atoms with E-state index >= 15 is 0 Å². The highest BCUT2D eigenvalue weighted by Gasteiger charge is 2.44. The van der Waals surface area contributed by atoms with Crippen LogP contribution in [0, 0.1) is 0 Å². The molecule has 122 valence electrons. The molecule has 0 aliphatic heterocycles. The van der Waals surface area contributed by atoms with Gasteiger partial charge in [-0.3, -0.25) is 0 Å². The predicted octanol–water partition coefficient (Wildman–Crippen LogP) is 3.62. The van der Waals surface area contributed by atoms with Gasteiger partial charge in [0.2, 0.25) is 0 Å². The number of hydrogen-bond donors (Lipinski definition) is 2. The normalized spacial score (nSPS) is 14.9. The second kappa shape index (κ2) is 6.50. The molecule has 2 N–H and O–H groups in total. The Kier molecular flexibility index (Phi) is 4.43. The molecule has 0 unspecified atom stereocenters. The summed E-state index contributed by atoms with van der Waals surface area (Å²) in [6.45, 7) is 0.647. The van der Waals surface area contributed by atoms with Gasteiger partial charge in [-0.05, 0) is 47.4 Å². The molecule has 0 spiro atoms. The van der Waals surface area contributed by atoms with Crippen molar-refractivity contribution in [3.63, 3.8) is 0 Å². The zero-order valence-electron chi connectivity index (χ0n) is 13.2. The molecule has 1 aliphatic rings. The highest BCUT2D eigenvalue weighted by Crippen LogP contribution is 2.48. The lowest BCUT2D eigenvalue weighted by molar-refractivity contribution is 0.251.